The van der Waals surface area contributed by atoms with Crippen LogP contribution in [0.4, 0.5) is 0 Å². The maximum atomic E-state index is 9.22. The maximum absolute atomic E-state index is 9.22. The number of nitrogens with zero attached hydrogens (tertiary/aromatic N) is 5. The van der Waals surface area contributed by atoms with E-state index in [0.717, 1.165) is 44.3 Å². The van der Waals surface area contributed by atoms with E-state index in [1.54, 1.807) is 41.0 Å². The van der Waals surface area contributed by atoms with Gasteiger partial charge in [-0.1, -0.05) is 183 Å². The molecule has 7 aromatic carbocycles. The van der Waals surface area contributed by atoms with Crippen LogP contribution in [0.5, 0.6) is 11.5 Å². The largest absolute Gasteiger partial charge is 0.510 e. The molecule has 0 unspecified atom stereocenters. The van der Waals surface area contributed by atoms with Gasteiger partial charge in [0.05, 0.1) is 13.7 Å². The smallest absolute Gasteiger partial charge is 0.231 e. The molecule has 0 aliphatic heterocycles. The molecular formula is C61H55N5OPt-2. The summed E-state index contributed by atoms with van der Waals surface area (Å²) in [5, 5.41) is 7.24. The predicted octanol–water partition coefficient (Wildman–Crippen LogP) is 14.7. The minimum absolute atomic E-state index is 0. The fraction of sp³-hybridized carbons (Fsp3) is 0.197. The second kappa shape index (κ2) is 18.0. The minimum atomic E-state index is -0.589. The van der Waals surface area contributed by atoms with Gasteiger partial charge >= 0.3 is 0 Å². The molecule has 10 aromatic rings. The zero-order valence-corrected chi connectivity index (χ0v) is 41.6. The summed E-state index contributed by atoms with van der Waals surface area (Å²) in [7, 11) is 0. The Morgan fingerprint density at radius 3 is 1.81 bits per heavy atom. The molecule has 10 rings (SSSR count). The number of para-hydroxylation sites is 2. The van der Waals surface area contributed by atoms with Crippen molar-refractivity contribution < 1.29 is 44.1 Å². The van der Waals surface area contributed by atoms with Crippen LogP contribution >= 0.6 is 0 Å². The fourth-order valence-corrected chi connectivity index (χ4v) is 8.25. The van der Waals surface area contributed by atoms with Crippen LogP contribution in [0.25, 0.3) is 72.6 Å². The molecule has 0 aliphatic carbocycles. The van der Waals surface area contributed by atoms with Crippen molar-refractivity contribution in [2.75, 3.05) is 0 Å². The van der Waals surface area contributed by atoms with Crippen LogP contribution in [0.3, 0.4) is 0 Å². The molecule has 0 spiro atoms. The van der Waals surface area contributed by atoms with Gasteiger partial charge in [-0.2, -0.15) is 22.9 Å². The van der Waals surface area contributed by atoms with Crippen LogP contribution < -0.4 is 9.30 Å². The van der Waals surface area contributed by atoms with Crippen molar-refractivity contribution in [3.63, 3.8) is 0 Å². The van der Waals surface area contributed by atoms with Crippen molar-refractivity contribution in [1.29, 1.82) is 0 Å². The van der Waals surface area contributed by atoms with E-state index in [4.69, 9.17) is 23.0 Å². The molecule has 3 aromatic heterocycles. The van der Waals surface area contributed by atoms with Gasteiger partial charge in [-0.25, -0.2) is 4.98 Å². The Kier molecular flexibility index (Phi) is 9.33. The summed E-state index contributed by atoms with van der Waals surface area (Å²) in [5.41, 5.74) is 4.94. The molecular weight excluding hydrogens is 1010 g/mol. The van der Waals surface area contributed by atoms with Crippen molar-refractivity contribution in [1.82, 2.24) is 19.3 Å². The van der Waals surface area contributed by atoms with Gasteiger partial charge in [-0.15, -0.1) is 29.7 Å². The average molecular weight is 1080 g/mol. The average Bonchev–Trinajstić information content (AvgIpc) is 4.09. The van der Waals surface area contributed by atoms with E-state index in [9.17, 15) is 5.48 Å². The molecule has 68 heavy (non-hydrogen) atoms. The first kappa shape index (κ1) is 35.3. The second-order valence-electron chi connectivity index (χ2n) is 19.8. The molecule has 0 saturated carbocycles. The van der Waals surface area contributed by atoms with E-state index in [0.29, 0.717) is 22.7 Å². The van der Waals surface area contributed by atoms with Crippen LogP contribution in [0.15, 0.2) is 170 Å². The number of hydrogen-bond acceptors (Lipinski definition) is 3. The molecule has 7 heteroatoms. The predicted molar refractivity (Wildman–Crippen MR) is 273 cm³/mol. The van der Waals surface area contributed by atoms with Crippen LogP contribution in [0.1, 0.15) is 92.7 Å². The summed E-state index contributed by atoms with van der Waals surface area (Å²) >= 11 is 0. The minimum Gasteiger partial charge on any atom is -0.510 e. The molecule has 0 aliphatic rings. The van der Waals surface area contributed by atoms with Gasteiger partial charge in [-0.3, -0.25) is 0 Å². The van der Waals surface area contributed by atoms with E-state index in [1.807, 2.05) is 48.7 Å². The van der Waals surface area contributed by atoms with Crippen LogP contribution in [-0.4, -0.2) is 19.3 Å². The van der Waals surface area contributed by atoms with Gasteiger partial charge in [0.1, 0.15) is 5.82 Å². The van der Waals surface area contributed by atoms with Gasteiger partial charge in [-0.05, 0) is 89.6 Å². The number of benzene rings is 7. The molecule has 0 fully saturated rings. The van der Waals surface area contributed by atoms with Crippen molar-refractivity contribution in [3.05, 3.63) is 205 Å². The van der Waals surface area contributed by atoms with Gasteiger partial charge < -0.3 is 13.9 Å². The third-order valence-corrected chi connectivity index (χ3v) is 11.9. The number of pyridine rings is 1. The first-order chi connectivity index (χ1) is 36.2. The number of rotatable bonds is 8. The SMILES string of the molecule is [2H]c1c([2H])c([2H])c(-c2cccc(-c3c([2H])c([2H])c([2H])c([2H])c3[2H])c2-[n+]2[c-]n(-c3[c-]c(Oc4[c-]c5c(cc4)c4ccccc4n5-c4cc(C(C)(C)C)ccn4)ccc3)nc2-c2cc(C(C)(C)C)cc(C(C)(C)C)c2)c([2H])c1[2H].[Pt]. The summed E-state index contributed by atoms with van der Waals surface area (Å²) in [6, 6.07) is 33.8. The van der Waals surface area contributed by atoms with E-state index in [-0.39, 0.29) is 71.1 Å². The molecule has 6 nitrogen and oxygen atoms in total. The quantitative estimate of drug-likeness (QED) is 0.113. The summed E-state index contributed by atoms with van der Waals surface area (Å²) in [6.45, 7) is 19.2. The molecule has 0 saturated heterocycles. The second-order valence-corrected chi connectivity index (χ2v) is 19.8. The van der Waals surface area contributed by atoms with Crippen molar-refractivity contribution in [3.8, 4) is 62.3 Å². The normalized spacial score (nSPS) is 14.1. The molecule has 0 radical (unpaired) electrons. The fourth-order valence-electron chi connectivity index (χ4n) is 8.25. The molecule has 3 heterocycles. The van der Waals surface area contributed by atoms with Crippen LogP contribution in [-0.2, 0) is 37.3 Å². The molecule has 0 N–H and O–H groups in total. The van der Waals surface area contributed by atoms with Crippen LogP contribution in [0, 0.1) is 18.5 Å². The Morgan fingerprint density at radius 1 is 0.574 bits per heavy atom. The van der Waals surface area contributed by atoms with Crippen molar-refractivity contribution in [2.45, 2.75) is 78.6 Å². The first-order valence-electron chi connectivity index (χ1n) is 27.3. The Labute approximate surface area is 429 Å². The Morgan fingerprint density at radius 2 is 1.18 bits per heavy atom. The number of hydrogen-bond donors (Lipinski definition) is 0. The van der Waals surface area contributed by atoms with Crippen molar-refractivity contribution >= 4 is 21.8 Å². The summed E-state index contributed by atoms with van der Waals surface area (Å²) < 4.78 is 100. The molecule has 0 atom stereocenters. The number of fused-ring (bicyclic) bond motifs is 3. The van der Waals surface area contributed by atoms with E-state index in [1.165, 1.54) is 4.68 Å². The maximum Gasteiger partial charge on any atom is 0.231 e. The van der Waals surface area contributed by atoms with Gasteiger partial charge in [0.25, 0.3) is 0 Å². The van der Waals surface area contributed by atoms with E-state index in [2.05, 4.69) is 110 Å². The zero-order chi connectivity index (χ0) is 55.4. The molecule has 0 bridgehead atoms. The zero-order valence-electron chi connectivity index (χ0n) is 49.4. The van der Waals surface area contributed by atoms with Crippen LogP contribution in [0.2, 0.25) is 0 Å². The van der Waals surface area contributed by atoms with E-state index < -0.39 is 60.4 Å². The van der Waals surface area contributed by atoms with Gasteiger partial charge in [0.15, 0.2) is 0 Å². The third kappa shape index (κ3) is 8.98. The topological polar surface area (TPSA) is 48.8 Å². The molecule has 0 amide bonds. The standard InChI is InChI=1S/C61H55N5O.Pt/c1-59(2,3)44-32-33-62-56(37-44)66-54-29-17-16-26-52(54)53-31-30-49(39-55(53)66)67-48-25-18-24-47(38-48)65-40-64(58(63-65)43-34-45(60(4,5)6)36-46(35-43)61(7,8)9)57-50(41-20-12-10-13-21-41)27-19-28-51(57)42-22-14-11-15-23-42;/h10-37H,1-9H3;/q-2;/i10D,11D,12D,13D,14D,15D,20D,21D,22D,23D;. The Bertz CT molecular complexity index is 3880. The third-order valence-electron chi connectivity index (χ3n) is 11.9. The monoisotopic (exact) mass is 1080 g/mol. The molecule has 342 valence electrons. The van der Waals surface area contributed by atoms with Gasteiger partial charge in [0, 0.05) is 55.5 Å². The Hall–Kier alpha value is -6.88. The van der Waals surface area contributed by atoms with Crippen molar-refractivity contribution in [2.24, 2.45) is 0 Å². The summed E-state index contributed by atoms with van der Waals surface area (Å²) in [4.78, 5) is 4.82. The summed E-state index contributed by atoms with van der Waals surface area (Å²) in [5.74, 6) is 1.74. The van der Waals surface area contributed by atoms with Gasteiger partial charge in [0.2, 0.25) is 12.2 Å². The Balaban J connectivity index is 0.00000740. The summed E-state index contributed by atoms with van der Waals surface area (Å²) in [6.07, 6.45) is 5.22. The number of aromatic nitrogens is 5. The number of ether oxygens (including phenoxy) is 1. The first-order valence-corrected chi connectivity index (χ1v) is 22.3. The van der Waals surface area contributed by atoms with E-state index >= 15 is 0 Å².